The van der Waals surface area contributed by atoms with E-state index in [0.717, 1.165) is 57.1 Å². The maximum absolute atomic E-state index is 5.38. The van der Waals surface area contributed by atoms with Gasteiger partial charge in [-0.15, -0.1) is 0 Å². The van der Waals surface area contributed by atoms with Crippen molar-refractivity contribution in [3.05, 3.63) is 16.0 Å². The fraction of sp³-hybridized carbons (Fsp3) is 0.667. The zero-order chi connectivity index (χ0) is 12.4. The topological polar surface area (TPSA) is 59.1 Å². The minimum Gasteiger partial charge on any atom is -0.381 e. The Morgan fingerprint density at radius 3 is 2.94 bits per heavy atom. The fourth-order valence-corrected chi connectivity index (χ4v) is 2.86. The largest absolute Gasteiger partial charge is 0.381 e. The predicted octanol–water partition coefficient (Wildman–Crippen LogP) is 1.48. The Labute approximate surface area is 115 Å². The van der Waals surface area contributed by atoms with Gasteiger partial charge in [-0.3, -0.25) is 0 Å². The molecular weight excluding hydrogens is 296 g/mol. The first kappa shape index (κ1) is 12.3. The van der Waals surface area contributed by atoms with Gasteiger partial charge in [0.25, 0.3) is 0 Å². The summed E-state index contributed by atoms with van der Waals surface area (Å²) >= 11 is 3.40. The van der Waals surface area contributed by atoms with E-state index in [1.165, 1.54) is 5.56 Å². The van der Waals surface area contributed by atoms with Crippen molar-refractivity contribution < 1.29 is 4.74 Å². The Bertz CT molecular complexity index is 434. The lowest BCUT2D eigenvalue weighted by molar-refractivity contribution is 0.0903. The summed E-state index contributed by atoms with van der Waals surface area (Å²) in [5.74, 6) is 0.978. The molecule has 0 saturated carbocycles. The average molecular weight is 313 g/mol. The van der Waals surface area contributed by atoms with E-state index in [0.29, 0.717) is 10.8 Å². The third-order valence-electron chi connectivity index (χ3n) is 3.47. The molecule has 5 nitrogen and oxygen atoms in total. The number of hydrogen-bond donors (Lipinski definition) is 2. The summed E-state index contributed by atoms with van der Waals surface area (Å²) in [6.07, 6.45) is 3.06. The Kier molecular flexibility index (Phi) is 3.77. The molecule has 0 aliphatic carbocycles. The van der Waals surface area contributed by atoms with Crippen molar-refractivity contribution in [2.24, 2.45) is 0 Å². The van der Waals surface area contributed by atoms with Gasteiger partial charge in [-0.05, 0) is 28.8 Å². The van der Waals surface area contributed by atoms with Gasteiger partial charge in [0.2, 0.25) is 0 Å². The van der Waals surface area contributed by atoms with E-state index in [4.69, 9.17) is 4.74 Å². The van der Waals surface area contributed by atoms with Crippen molar-refractivity contribution in [3.63, 3.8) is 0 Å². The Morgan fingerprint density at radius 1 is 1.28 bits per heavy atom. The molecule has 1 saturated heterocycles. The van der Waals surface area contributed by atoms with Crippen LogP contribution in [0.3, 0.4) is 0 Å². The van der Waals surface area contributed by atoms with E-state index in [1.807, 2.05) is 0 Å². The molecule has 0 aromatic carbocycles. The van der Waals surface area contributed by atoms with Gasteiger partial charge in [-0.25, -0.2) is 9.97 Å². The van der Waals surface area contributed by atoms with Gasteiger partial charge in [0.05, 0.1) is 5.69 Å². The summed E-state index contributed by atoms with van der Waals surface area (Å²) in [4.78, 5) is 8.96. The van der Waals surface area contributed by atoms with E-state index in [1.54, 1.807) is 0 Å². The first-order valence-corrected chi connectivity index (χ1v) is 7.22. The SMILES string of the molecule is Brc1nc2c(c(NC3CCOCC3)n1)CNCC2. The molecule has 18 heavy (non-hydrogen) atoms. The number of nitrogens with zero attached hydrogens (tertiary/aromatic N) is 2. The molecule has 2 aliphatic heterocycles. The van der Waals surface area contributed by atoms with Gasteiger partial charge in [-0.2, -0.15) is 0 Å². The Morgan fingerprint density at radius 2 is 2.11 bits per heavy atom. The van der Waals surface area contributed by atoms with Crippen LogP contribution in [0.25, 0.3) is 0 Å². The van der Waals surface area contributed by atoms with E-state index >= 15 is 0 Å². The highest BCUT2D eigenvalue weighted by Crippen LogP contribution is 2.24. The number of hydrogen-bond acceptors (Lipinski definition) is 5. The molecule has 3 rings (SSSR count). The lowest BCUT2D eigenvalue weighted by Crippen LogP contribution is -2.31. The third kappa shape index (κ3) is 2.65. The monoisotopic (exact) mass is 312 g/mol. The quantitative estimate of drug-likeness (QED) is 0.810. The number of halogens is 1. The first-order valence-electron chi connectivity index (χ1n) is 6.43. The maximum Gasteiger partial charge on any atom is 0.198 e. The lowest BCUT2D eigenvalue weighted by Gasteiger charge is -2.26. The second-order valence-corrected chi connectivity index (χ2v) is 5.43. The first-order chi connectivity index (χ1) is 8.83. The normalized spacial score (nSPS) is 20.5. The zero-order valence-corrected chi connectivity index (χ0v) is 11.8. The molecule has 0 amide bonds. The molecule has 1 fully saturated rings. The van der Waals surface area contributed by atoms with Gasteiger partial charge in [0.1, 0.15) is 5.82 Å². The summed E-state index contributed by atoms with van der Waals surface area (Å²) < 4.78 is 6.06. The van der Waals surface area contributed by atoms with Gasteiger partial charge in [-0.1, -0.05) is 0 Å². The molecule has 2 aliphatic rings. The number of ether oxygens (including phenoxy) is 1. The number of fused-ring (bicyclic) bond motifs is 1. The van der Waals surface area contributed by atoms with Gasteiger partial charge >= 0.3 is 0 Å². The molecule has 0 spiro atoms. The highest BCUT2D eigenvalue weighted by Gasteiger charge is 2.20. The maximum atomic E-state index is 5.38. The number of anilines is 1. The van der Waals surface area contributed by atoms with Gasteiger partial charge in [0.15, 0.2) is 4.73 Å². The third-order valence-corrected chi connectivity index (χ3v) is 3.82. The lowest BCUT2D eigenvalue weighted by atomic mass is 10.1. The van der Waals surface area contributed by atoms with Crippen LogP contribution in [0.4, 0.5) is 5.82 Å². The highest BCUT2D eigenvalue weighted by molar-refractivity contribution is 9.10. The summed E-state index contributed by atoms with van der Waals surface area (Å²) in [5, 5.41) is 6.93. The Hall–Kier alpha value is -0.720. The molecule has 0 radical (unpaired) electrons. The van der Waals surface area contributed by atoms with E-state index in [2.05, 4.69) is 36.5 Å². The summed E-state index contributed by atoms with van der Waals surface area (Å²) in [5.41, 5.74) is 2.38. The molecule has 1 aromatic heterocycles. The van der Waals surface area contributed by atoms with Crippen LogP contribution in [0.5, 0.6) is 0 Å². The van der Waals surface area contributed by atoms with Crippen LogP contribution in [0.1, 0.15) is 24.1 Å². The van der Waals surface area contributed by atoms with Crippen LogP contribution < -0.4 is 10.6 Å². The zero-order valence-electron chi connectivity index (χ0n) is 10.2. The van der Waals surface area contributed by atoms with Crippen molar-refractivity contribution in [3.8, 4) is 0 Å². The molecular formula is C12H17BrN4O. The van der Waals surface area contributed by atoms with Crippen LogP contribution in [0.15, 0.2) is 4.73 Å². The van der Waals surface area contributed by atoms with Gasteiger partial charge < -0.3 is 15.4 Å². The molecule has 6 heteroatoms. The molecule has 3 heterocycles. The van der Waals surface area contributed by atoms with Crippen molar-refractivity contribution >= 4 is 21.7 Å². The second kappa shape index (κ2) is 5.50. The predicted molar refractivity (Wildman–Crippen MR) is 72.6 cm³/mol. The number of aromatic nitrogens is 2. The van der Waals surface area contributed by atoms with E-state index in [9.17, 15) is 0 Å². The average Bonchev–Trinajstić information content (AvgIpc) is 2.40. The Balaban J connectivity index is 1.83. The van der Waals surface area contributed by atoms with Crippen molar-refractivity contribution in [1.29, 1.82) is 0 Å². The van der Waals surface area contributed by atoms with Crippen LogP contribution in [0.2, 0.25) is 0 Å². The van der Waals surface area contributed by atoms with Crippen LogP contribution in [-0.2, 0) is 17.7 Å². The van der Waals surface area contributed by atoms with E-state index < -0.39 is 0 Å². The number of rotatable bonds is 2. The number of nitrogens with one attached hydrogen (secondary N) is 2. The molecule has 2 N–H and O–H groups in total. The molecule has 0 unspecified atom stereocenters. The van der Waals surface area contributed by atoms with Crippen molar-refractivity contribution in [2.75, 3.05) is 25.1 Å². The minimum absolute atomic E-state index is 0.464. The second-order valence-electron chi connectivity index (χ2n) is 4.72. The summed E-state index contributed by atoms with van der Waals surface area (Å²) in [6.45, 7) is 3.52. The molecule has 1 aromatic rings. The standard InChI is InChI=1S/C12H17BrN4O/c13-12-16-10-1-4-14-7-9(10)11(17-12)15-8-2-5-18-6-3-8/h8,14H,1-7H2,(H,15,16,17). The summed E-state index contributed by atoms with van der Waals surface area (Å²) in [7, 11) is 0. The highest BCUT2D eigenvalue weighted by atomic mass is 79.9. The van der Waals surface area contributed by atoms with Crippen molar-refractivity contribution in [2.45, 2.75) is 31.8 Å². The molecule has 0 atom stereocenters. The van der Waals surface area contributed by atoms with Gasteiger partial charge in [0, 0.05) is 44.3 Å². The summed E-state index contributed by atoms with van der Waals surface area (Å²) in [6, 6.07) is 0.464. The van der Waals surface area contributed by atoms with Crippen LogP contribution in [-0.4, -0.2) is 35.8 Å². The molecule has 98 valence electrons. The van der Waals surface area contributed by atoms with Crippen LogP contribution in [0, 0.1) is 0 Å². The smallest absolute Gasteiger partial charge is 0.198 e. The molecule has 0 bridgehead atoms. The van der Waals surface area contributed by atoms with Crippen LogP contribution >= 0.6 is 15.9 Å². The van der Waals surface area contributed by atoms with Crippen molar-refractivity contribution in [1.82, 2.24) is 15.3 Å². The van der Waals surface area contributed by atoms with E-state index in [-0.39, 0.29) is 0 Å². The fourth-order valence-electron chi connectivity index (χ4n) is 2.47. The minimum atomic E-state index is 0.464.